The second-order valence-corrected chi connectivity index (χ2v) is 5.14. The van der Waals surface area contributed by atoms with Gasteiger partial charge in [0.15, 0.2) is 0 Å². The number of halogens is 1. The number of benzene rings is 1. The van der Waals surface area contributed by atoms with E-state index < -0.39 is 10.2 Å². The molecule has 0 spiro atoms. The predicted molar refractivity (Wildman–Crippen MR) is 68.3 cm³/mol. The second kappa shape index (κ2) is 6.06. The van der Waals surface area contributed by atoms with Gasteiger partial charge in [-0.05, 0) is 18.2 Å². The highest BCUT2D eigenvalue weighted by Gasteiger charge is 2.11. The van der Waals surface area contributed by atoms with Crippen molar-refractivity contribution in [2.45, 2.75) is 0 Å². The highest BCUT2D eigenvalue weighted by atomic mass is 35.5. The molecule has 1 aromatic carbocycles. The van der Waals surface area contributed by atoms with Crippen molar-refractivity contribution in [2.24, 2.45) is 0 Å². The van der Waals surface area contributed by atoms with Gasteiger partial charge < -0.3 is 10.5 Å². The van der Waals surface area contributed by atoms with E-state index in [1.165, 1.54) is 19.2 Å². The minimum absolute atomic E-state index is 0.172. The molecule has 1 aromatic rings. The van der Waals surface area contributed by atoms with E-state index in [0.717, 1.165) is 0 Å². The van der Waals surface area contributed by atoms with E-state index in [1.54, 1.807) is 6.07 Å². The van der Waals surface area contributed by atoms with Crippen LogP contribution >= 0.6 is 11.6 Å². The van der Waals surface area contributed by atoms with Gasteiger partial charge in [-0.2, -0.15) is 13.1 Å². The Kier molecular flexibility index (Phi) is 5.01. The summed E-state index contributed by atoms with van der Waals surface area (Å²) >= 11 is 5.83. The standard InChI is InChI=1S/C9H14ClN3O3S/c1-16-5-4-12-17(14,15)13-9-6-7(11)2-3-8(9)10/h2-3,6,12-13H,4-5,11H2,1H3. The lowest BCUT2D eigenvalue weighted by Crippen LogP contribution is -2.32. The quantitative estimate of drug-likeness (QED) is 0.531. The SMILES string of the molecule is COCCNS(=O)(=O)Nc1cc(N)ccc1Cl. The number of nitrogens with one attached hydrogen (secondary N) is 2. The fourth-order valence-electron chi connectivity index (χ4n) is 1.08. The first-order chi connectivity index (χ1) is 7.94. The Morgan fingerprint density at radius 3 is 2.82 bits per heavy atom. The first kappa shape index (κ1) is 14.0. The number of ether oxygens (including phenoxy) is 1. The molecular weight excluding hydrogens is 266 g/mol. The molecule has 0 aliphatic heterocycles. The summed E-state index contributed by atoms with van der Waals surface area (Å²) in [6.07, 6.45) is 0. The van der Waals surface area contributed by atoms with Gasteiger partial charge in [-0.15, -0.1) is 0 Å². The van der Waals surface area contributed by atoms with Crippen LogP contribution < -0.4 is 15.2 Å². The van der Waals surface area contributed by atoms with Crippen LogP contribution in [-0.2, 0) is 14.9 Å². The summed E-state index contributed by atoms with van der Waals surface area (Å²) < 4.78 is 32.4. The van der Waals surface area contributed by atoms with Gasteiger partial charge in [0, 0.05) is 19.3 Å². The molecule has 0 radical (unpaired) electrons. The summed E-state index contributed by atoms with van der Waals surface area (Å²) in [5, 5.41) is 0.274. The first-order valence-electron chi connectivity index (χ1n) is 4.76. The fraction of sp³-hybridized carbons (Fsp3) is 0.333. The number of nitrogens with two attached hydrogens (primary N) is 1. The number of rotatable bonds is 6. The third-order valence-corrected chi connectivity index (χ3v) is 3.24. The summed E-state index contributed by atoms with van der Waals surface area (Å²) in [7, 11) is -2.18. The van der Waals surface area contributed by atoms with Crippen molar-refractivity contribution in [3.63, 3.8) is 0 Å². The van der Waals surface area contributed by atoms with Crippen LogP contribution in [0.4, 0.5) is 11.4 Å². The molecule has 96 valence electrons. The Bertz CT molecular complexity index is 478. The van der Waals surface area contributed by atoms with Crippen molar-refractivity contribution >= 4 is 33.2 Å². The maximum Gasteiger partial charge on any atom is 0.299 e. The molecule has 0 heterocycles. The normalized spacial score (nSPS) is 11.4. The van der Waals surface area contributed by atoms with E-state index >= 15 is 0 Å². The second-order valence-electron chi connectivity index (χ2n) is 3.23. The molecule has 0 bridgehead atoms. The molecule has 0 aliphatic carbocycles. The number of anilines is 2. The van der Waals surface area contributed by atoms with Crippen molar-refractivity contribution in [1.82, 2.24) is 4.72 Å². The van der Waals surface area contributed by atoms with Crippen molar-refractivity contribution in [1.29, 1.82) is 0 Å². The van der Waals surface area contributed by atoms with Gasteiger partial charge in [0.25, 0.3) is 10.2 Å². The monoisotopic (exact) mass is 279 g/mol. The number of hydrogen-bond acceptors (Lipinski definition) is 4. The van der Waals surface area contributed by atoms with Gasteiger partial charge in [-0.3, -0.25) is 4.72 Å². The molecule has 1 rings (SSSR count). The van der Waals surface area contributed by atoms with E-state index in [4.69, 9.17) is 22.1 Å². The molecule has 0 saturated carbocycles. The molecule has 8 heteroatoms. The summed E-state index contributed by atoms with van der Waals surface area (Å²) in [5.74, 6) is 0. The predicted octanol–water partition coefficient (Wildman–Crippen LogP) is 0.815. The third-order valence-electron chi connectivity index (χ3n) is 1.83. The van der Waals surface area contributed by atoms with Crippen molar-refractivity contribution in [2.75, 3.05) is 30.7 Å². The van der Waals surface area contributed by atoms with Crippen LogP contribution in [-0.4, -0.2) is 28.7 Å². The van der Waals surface area contributed by atoms with E-state index in [2.05, 4.69) is 9.44 Å². The van der Waals surface area contributed by atoms with Crippen molar-refractivity contribution in [3.8, 4) is 0 Å². The Morgan fingerprint density at radius 2 is 2.18 bits per heavy atom. The maximum absolute atomic E-state index is 11.6. The number of hydrogen-bond donors (Lipinski definition) is 3. The van der Waals surface area contributed by atoms with Gasteiger partial charge in [0.2, 0.25) is 0 Å². The van der Waals surface area contributed by atoms with Crippen LogP contribution in [0.3, 0.4) is 0 Å². The van der Waals surface area contributed by atoms with E-state index in [-0.39, 0.29) is 23.9 Å². The molecule has 0 unspecified atom stereocenters. The summed E-state index contributed by atoms with van der Waals surface area (Å²) in [6.45, 7) is 0.456. The van der Waals surface area contributed by atoms with E-state index in [1.807, 2.05) is 0 Å². The first-order valence-corrected chi connectivity index (χ1v) is 6.62. The van der Waals surface area contributed by atoms with Crippen molar-refractivity contribution in [3.05, 3.63) is 23.2 Å². The fourth-order valence-corrected chi connectivity index (χ4v) is 2.18. The van der Waals surface area contributed by atoms with Crippen LogP contribution in [0.5, 0.6) is 0 Å². The van der Waals surface area contributed by atoms with E-state index in [9.17, 15) is 8.42 Å². The Hall–Kier alpha value is -1.02. The molecule has 17 heavy (non-hydrogen) atoms. The van der Waals surface area contributed by atoms with Gasteiger partial charge in [0.1, 0.15) is 0 Å². The van der Waals surface area contributed by atoms with Crippen LogP contribution in [0.2, 0.25) is 5.02 Å². The Labute approximate surface area is 105 Å². The van der Waals surface area contributed by atoms with Crippen LogP contribution in [0.1, 0.15) is 0 Å². The summed E-state index contributed by atoms with van der Waals surface area (Å²) in [5.41, 5.74) is 6.19. The molecule has 0 aliphatic rings. The van der Waals surface area contributed by atoms with E-state index in [0.29, 0.717) is 5.69 Å². The van der Waals surface area contributed by atoms with Gasteiger partial charge >= 0.3 is 0 Å². The Morgan fingerprint density at radius 1 is 1.47 bits per heavy atom. The summed E-state index contributed by atoms with van der Waals surface area (Å²) in [4.78, 5) is 0. The average molecular weight is 280 g/mol. The topological polar surface area (TPSA) is 93.4 Å². The van der Waals surface area contributed by atoms with Gasteiger partial charge in [0.05, 0.1) is 17.3 Å². The zero-order valence-corrected chi connectivity index (χ0v) is 10.8. The lowest BCUT2D eigenvalue weighted by atomic mass is 10.3. The lowest BCUT2D eigenvalue weighted by molar-refractivity contribution is 0.204. The van der Waals surface area contributed by atoms with Crippen molar-refractivity contribution < 1.29 is 13.2 Å². The largest absolute Gasteiger partial charge is 0.399 e. The molecule has 0 fully saturated rings. The highest BCUT2D eigenvalue weighted by molar-refractivity contribution is 7.90. The highest BCUT2D eigenvalue weighted by Crippen LogP contribution is 2.24. The molecule has 0 atom stereocenters. The minimum Gasteiger partial charge on any atom is -0.399 e. The summed E-state index contributed by atoms with van der Waals surface area (Å²) in [6, 6.07) is 4.54. The van der Waals surface area contributed by atoms with Crippen LogP contribution in [0.25, 0.3) is 0 Å². The number of nitrogen functional groups attached to an aromatic ring is 1. The molecule has 4 N–H and O–H groups in total. The lowest BCUT2D eigenvalue weighted by Gasteiger charge is -2.10. The van der Waals surface area contributed by atoms with Gasteiger partial charge in [-0.25, -0.2) is 0 Å². The Balaban J connectivity index is 2.72. The maximum atomic E-state index is 11.6. The van der Waals surface area contributed by atoms with Gasteiger partial charge in [-0.1, -0.05) is 11.6 Å². The van der Waals surface area contributed by atoms with Crippen LogP contribution in [0.15, 0.2) is 18.2 Å². The minimum atomic E-state index is -3.67. The van der Waals surface area contributed by atoms with Crippen LogP contribution in [0, 0.1) is 0 Å². The molecule has 0 saturated heterocycles. The zero-order chi connectivity index (χ0) is 12.9. The molecule has 0 aromatic heterocycles. The average Bonchev–Trinajstić information content (AvgIpc) is 2.23. The molecule has 0 amide bonds. The smallest absolute Gasteiger partial charge is 0.299 e. The zero-order valence-electron chi connectivity index (χ0n) is 9.23. The third kappa shape index (κ3) is 4.78. The number of methoxy groups -OCH3 is 1. The molecular formula is C9H14ClN3O3S. The molecule has 6 nitrogen and oxygen atoms in total.